The van der Waals surface area contributed by atoms with Crippen molar-refractivity contribution in [1.82, 2.24) is 0 Å². The van der Waals surface area contributed by atoms with Crippen molar-refractivity contribution in [2.45, 2.75) is 46.0 Å². The van der Waals surface area contributed by atoms with E-state index in [2.05, 4.69) is 39.8 Å². The molecule has 0 atom stereocenters. The number of nitrogens with two attached hydrogens (primary N) is 1. The molecular formula is C15H25NO. The van der Waals surface area contributed by atoms with E-state index in [-0.39, 0.29) is 5.41 Å². The Morgan fingerprint density at radius 3 is 2.35 bits per heavy atom. The number of hydrogen-bond donors (Lipinski definition) is 1. The summed E-state index contributed by atoms with van der Waals surface area (Å²) < 4.78 is 5.52. The molecule has 0 aliphatic carbocycles. The molecule has 0 fully saturated rings. The average molecular weight is 235 g/mol. The average Bonchev–Trinajstić information content (AvgIpc) is 2.25. The summed E-state index contributed by atoms with van der Waals surface area (Å²) in [6.07, 6.45) is 2.06. The first kappa shape index (κ1) is 14.0. The first-order chi connectivity index (χ1) is 7.90. The Morgan fingerprint density at radius 1 is 1.24 bits per heavy atom. The van der Waals surface area contributed by atoms with Gasteiger partial charge in [-0.1, -0.05) is 26.8 Å². The summed E-state index contributed by atoms with van der Waals surface area (Å²) in [4.78, 5) is 0. The van der Waals surface area contributed by atoms with Crippen molar-refractivity contribution < 1.29 is 4.74 Å². The van der Waals surface area contributed by atoms with Crippen LogP contribution >= 0.6 is 0 Å². The highest BCUT2D eigenvalue weighted by Gasteiger charge is 2.20. The molecule has 2 N–H and O–H groups in total. The van der Waals surface area contributed by atoms with E-state index in [9.17, 15) is 0 Å². The van der Waals surface area contributed by atoms with Crippen LogP contribution in [0, 0.1) is 6.92 Å². The third kappa shape index (κ3) is 3.47. The van der Waals surface area contributed by atoms with Gasteiger partial charge in [0.2, 0.25) is 0 Å². The summed E-state index contributed by atoms with van der Waals surface area (Å²) in [6.45, 7) is 9.54. The van der Waals surface area contributed by atoms with Gasteiger partial charge in [0, 0.05) is 0 Å². The molecule has 1 aromatic carbocycles. The lowest BCUT2D eigenvalue weighted by molar-refractivity contribution is 0.396. The van der Waals surface area contributed by atoms with Crippen molar-refractivity contribution in [2.24, 2.45) is 5.73 Å². The van der Waals surface area contributed by atoms with Crippen LogP contribution < -0.4 is 10.5 Å². The molecule has 0 aliphatic heterocycles. The molecule has 0 saturated heterocycles. The molecule has 0 aliphatic rings. The summed E-state index contributed by atoms with van der Waals surface area (Å²) in [6, 6.07) is 4.43. The molecule has 1 rings (SSSR count). The molecule has 0 aromatic heterocycles. The predicted octanol–water partition coefficient (Wildman–Crippen LogP) is 3.19. The van der Waals surface area contributed by atoms with Crippen LogP contribution in [0.1, 0.15) is 43.9 Å². The van der Waals surface area contributed by atoms with E-state index >= 15 is 0 Å². The van der Waals surface area contributed by atoms with Crippen molar-refractivity contribution in [2.75, 3.05) is 13.7 Å². The third-order valence-electron chi connectivity index (χ3n) is 3.12. The van der Waals surface area contributed by atoms with Crippen LogP contribution in [0.15, 0.2) is 12.1 Å². The fraction of sp³-hybridized carbons (Fsp3) is 0.600. The lowest BCUT2D eigenvalue weighted by Gasteiger charge is -2.24. The molecule has 96 valence electrons. The van der Waals surface area contributed by atoms with Gasteiger partial charge in [-0.15, -0.1) is 0 Å². The highest BCUT2D eigenvalue weighted by molar-refractivity contribution is 5.45. The van der Waals surface area contributed by atoms with Crippen LogP contribution in [0.5, 0.6) is 5.75 Å². The SMILES string of the molecule is COc1cc(CCCN)c(C)cc1C(C)(C)C. The van der Waals surface area contributed by atoms with Crippen LogP contribution in [-0.2, 0) is 11.8 Å². The first-order valence-electron chi connectivity index (χ1n) is 6.28. The maximum absolute atomic E-state index is 5.56. The van der Waals surface area contributed by atoms with Gasteiger partial charge in [0.15, 0.2) is 0 Å². The van der Waals surface area contributed by atoms with Gasteiger partial charge >= 0.3 is 0 Å². The Balaban J connectivity index is 3.15. The summed E-state index contributed by atoms with van der Waals surface area (Å²) in [5, 5.41) is 0. The van der Waals surface area contributed by atoms with Crippen LogP contribution in [0.25, 0.3) is 0 Å². The van der Waals surface area contributed by atoms with Crippen LogP contribution in [0.4, 0.5) is 0 Å². The Labute approximate surface area is 105 Å². The summed E-state index contributed by atoms with van der Waals surface area (Å²) in [7, 11) is 1.74. The molecule has 0 spiro atoms. The zero-order chi connectivity index (χ0) is 13.1. The molecule has 2 heteroatoms. The van der Waals surface area contributed by atoms with Crippen molar-refractivity contribution in [3.05, 3.63) is 28.8 Å². The van der Waals surface area contributed by atoms with Gasteiger partial charge in [-0.25, -0.2) is 0 Å². The molecule has 0 heterocycles. The topological polar surface area (TPSA) is 35.2 Å². The third-order valence-corrected chi connectivity index (χ3v) is 3.12. The van der Waals surface area contributed by atoms with E-state index in [4.69, 9.17) is 10.5 Å². The van der Waals surface area contributed by atoms with Crippen molar-refractivity contribution in [3.8, 4) is 5.75 Å². The van der Waals surface area contributed by atoms with Gasteiger partial charge in [0.25, 0.3) is 0 Å². The van der Waals surface area contributed by atoms with Gasteiger partial charge in [-0.2, -0.15) is 0 Å². The molecule has 1 aromatic rings. The zero-order valence-electron chi connectivity index (χ0n) is 11.8. The maximum atomic E-state index is 5.56. The largest absolute Gasteiger partial charge is 0.496 e. The quantitative estimate of drug-likeness (QED) is 0.870. The lowest BCUT2D eigenvalue weighted by atomic mass is 9.84. The maximum Gasteiger partial charge on any atom is 0.122 e. The van der Waals surface area contributed by atoms with Crippen LogP contribution in [0.3, 0.4) is 0 Å². The van der Waals surface area contributed by atoms with Crippen LogP contribution in [-0.4, -0.2) is 13.7 Å². The van der Waals surface area contributed by atoms with Gasteiger partial charge in [-0.05, 0) is 54.5 Å². The smallest absolute Gasteiger partial charge is 0.122 e. The highest BCUT2D eigenvalue weighted by atomic mass is 16.5. The number of hydrogen-bond acceptors (Lipinski definition) is 2. The summed E-state index contributed by atoms with van der Waals surface area (Å²) >= 11 is 0. The number of aryl methyl sites for hydroxylation is 2. The van der Waals surface area contributed by atoms with Crippen molar-refractivity contribution in [3.63, 3.8) is 0 Å². The van der Waals surface area contributed by atoms with E-state index in [1.807, 2.05) is 0 Å². The number of methoxy groups -OCH3 is 1. The molecule has 17 heavy (non-hydrogen) atoms. The van der Waals surface area contributed by atoms with Gasteiger partial charge in [-0.3, -0.25) is 0 Å². The fourth-order valence-corrected chi connectivity index (χ4v) is 2.05. The second-order valence-corrected chi connectivity index (χ2v) is 5.62. The van der Waals surface area contributed by atoms with Crippen LogP contribution in [0.2, 0.25) is 0 Å². The van der Waals surface area contributed by atoms with Crippen molar-refractivity contribution >= 4 is 0 Å². The molecule has 2 nitrogen and oxygen atoms in total. The Morgan fingerprint density at radius 2 is 1.88 bits per heavy atom. The minimum absolute atomic E-state index is 0.114. The van der Waals surface area contributed by atoms with E-state index in [0.717, 1.165) is 25.1 Å². The van der Waals surface area contributed by atoms with Gasteiger partial charge in [0.1, 0.15) is 5.75 Å². The Bertz CT molecular complexity index is 377. The van der Waals surface area contributed by atoms with E-state index in [1.165, 1.54) is 16.7 Å². The standard InChI is InChI=1S/C15H25NO/c1-11-9-13(15(2,3)4)14(17-5)10-12(11)7-6-8-16/h9-10H,6-8,16H2,1-5H3. The Hall–Kier alpha value is -1.02. The number of ether oxygens (including phenoxy) is 1. The number of rotatable bonds is 4. The second-order valence-electron chi connectivity index (χ2n) is 5.62. The lowest BCUT2D eigenvalue weighted by Crippen LogP contribution is -2.14. The fourth-order valence-electron chi connectivity index (χ4n) is 2.05. The molecule has 0 unspecified atom stereocenters. The molecular weight excluding hydrogens is 210 g/mol. The zero-order valence-corrected chi connectivity index (χ0v) is 11.8. The van der Waals surface area contributed by atoms with E-state index in [0.29, 0.717) is 0 Å². The first-order valence-corrected chi connectivity index (χ1v) is 6.28. The highest BCUT2D eigenvalue weighted by Crippen LogP contribution is 2.33. The molecule has 0 saturated carbocycles. The van der Waals surface area contributed by atoms with E-state index < -0.39 is 0 Å². The van der Waals surface area contributed by atoms with Gasteiger partial charge in [0.05, 0.1) is 7.11 Å². The second kappa shape index (κ2) is 5.54. The molecule has 0 radical (unpaired) electrons. The summed E-state index contributed by atoms with van der Waals surface area (Å²) in [5.74, 6) is 0.995. The number of benzene rings is 1. The monoisotopic (exact) mass is 235 g/mol. The molecule has 0 amide bonds. The van der Waals surface area contributed by atoms with E-state index in [1.54, 1.807) is 7.11 Å². The van der Waals surface area contributed by atoms with Crippen molar-refractivity contribution in [1.29, 1.82) is 0 Å². The minimum Gasteiger partial charge on any atom is -0.496 e. The predicted molar refractivity (Wildman–Crippen MR) is 73.8 cm³/mol. The minimum atomic E-state index is 0.114. The summed E-state index contributed by atoms with van der Waals surface area (Å²) in [5.41, 5.74) is 9.64. The Kier molecular flexibility index (Phi) is 4.58. The normalized spacial score (nSPS) is 11.6. The molecule has 0 bridgehead atoms. The van der Waals surface area contributed by atoms with Gasteiger partial charge < -0.3 is 10.5 Å².